The molecule has 3 rings (SSSR count). The van der Waals surface area contributed by atoms with Crippen LogP contribution >= 0.6 is 0 Å². The highest BCUT2D eigenvalue weighted by atomic mass is 28.4. The van der Waals surface area contributed by atoms with Crippen molar-refractivity contribution in [3.63, 3.8) is 0 Å². The first-order chi connectivity index (χ1) is 14.9. The highest BCUT2D eigenvalue weighted by molar-refractivity contribution is 6.75. The molecular formula is C25H37N2O3Si+. The molecule has 0 radical (unpaired) electrons. The van der Waals surface area contributed by atoms with Crippen LogP contribution in [0.25, 0.3) is 0 Å². The summed E-state index contributed by atoms with van der Waals surface area (Å²) in [6.07, 6.45) is 2.26. The van der Waals surface area contributed by atoms with Crippen LogP contribution < -0.4 is 10.1 Å². The number of hydrogen-bond acceptors (Lipinski definition) is 4. The standard InChI is InChI=1S/C25H37N2O3Si/c1-7-28-31(29-8-2,30-9-3)24-12-10-11-23(17-24)18-26-13-14-27(19-26)25-21(5)15-20(4)16-22(25)6/h10-12,15-17,19H,7-9,13-14,18H2,1-6H3/q+1. The molecule has 168 valence electrons. The van der Waals surface area contributed by atoms with Gasteiger partial charge >= 0.3 is 8.80 Å². The largest absolute Gasteiger partial charge is 0.537 e. The van der Waals surface area contributed by atoms with Crippen molar-refractivity contribution >= 4 is 26.0 Å². The van der Waals surface area contributed by atoms with E-state index in [9.17, 15) is 0 Å². The molecule has 1 aliphatic rings. The molecule has 0 saturated carbocycles. The number of aryl methyl sites for hydroxylation is 3. The highest BCUT2D eigenvalue weighted by Gasteiger charge is 2.43. The quantitative estimate of drug-likeness (QED) is 0.413. The van der Waals surface area contributed by atoms with Crippen molar-refractivity contribution in [2.45, 2.75) is 48.1 Å². The third-order valence-corrected chi connectivity index (χ3v) is 8.55. The summed E-state index contributed by atoms with van der Waals surface area (Å²) in [6, 6.07) is 13.1. The minimum Gasteiger partial charge on any atom is -0.370 e. The Morgan fingerprint density at radius 3 is 2.10 bits per heavy atom. The van der Waals surface area contributed by atoms with Crippen LogP contribution in [0.4, 0.5) is 5.69 Å². The molecule has 0 aliphatic carbocycles. The molecule has 0 fully saturated rings. The lowest BCUT2D eigenvalue weighted by Crippen LogP contribution is -2.57. The monoisotopic (exact) mass is 441 g/mol. The van der Waals surface area contributed by atoms with Crippen molar-refractivity contribution in [1.82, 2.24) is 0 Å². The summed E-state index contributed by atoms with van der Waals surface area (Å²) in [5.74, 6) is 0. The summed E-state index contributed by atoms with van der Waals surface area (Å²) in [4.78, 5) is 2.38. The number of nitrogens with zero attached hydrogens (tertiary/aromatic N) is 2. The normalized spacial score (nSPS) is 14.3. The van der Waals surface area contributed by atoms with E-state index in [0.717, 1.165) is 24.8 Å². The van der Waals surface area contributed by atoms with Gasteiger partial charge in [0.2, 0.25) is 6.34 Å². The average molecular weight is 442 g/mol. The smallest absolute Gasteiger partial charge is 0.370 e. The van der Waals surface area contributed by atoms with Gasteiger partial charge < -0.3 is 13.3 Å². The molecule has 0 saturated heterocycles. The van der Waals surface area contributed by atoms with E-state index >= 15 is 0 Å². The van der Waals surface area contributed by atoms with Gasteiger partial charge in [0.15, 0.2) is 0 Å². The maximum Gasteiger partial charge on any atom is 0.537 e. The second-order valence-corrected chi connectivity index (χ2v) is 10.6. The summed E-state index contributed by atoms with van der Waals surface area (Å²) >= 11 is 0. The minimum absolute atomic E-state index is 0.570. The average Bonchev–Trinajstić information content (AvgIpc) is 3.16. The highest BCUT2D eigenvalue weighted by Crippen LogP contribution is 2.26. The van der Waals surface area contributed by atoms with Gasteiger partial charge in [0.1, 0.15) is 25.3 Å². The lowest BCUT2D eigenvalue weighted by molar-refractivity contribution is -0.530. The zero-order chi connectivity index (χ0) is 22.4. The van der Waals surface area contributed by atoms with Crippen LogP contribution in [0.15, 0.2) is 36.4 Å². The van der Waals surface area contributed by atoms with Gasteiger partial charge in [-0.1, -0.05) is 35.9 Å². The predicted molar refractivity (Wildman–Crippen MR) is 130 cm³/mol. The summed E-state index contributed by atoms with van der Waals surface area (Å²) < 4.78 is 20.7. The molecule has 31 heavy (non-hydrogen) atoms. The molecule has 1 heterocycles. The van der Waals surface area contributed by atoms with Gasteiger partial charge in [-0.05, 0) is 64.3 Å². The Hall–Kier alpha value is -1.99. The van der Waals surface area contributed by atoms with Gasteiger partial charge in [-0.3, -0.25) is 4.58 Å². The first-order valence-electron chi connectivity index (χ1n) is 11.4. The minimum atomic E-state index is -2.88. The van der Waals surface area contributed by atoms with E-state index in [1.165, 1.54) is 27.9 Å². The van der Waals surface area contributed by atoms with Gasteiger partial charge in [-0.15, -0.1) is 0 Å². The van der Waals surface area contributed by atoms with Crippen molar-refractivity contribution in [3.05, 3.63) is 58.7 Å². The van der Waals surface area contributed by atoms with E-state index < -0.39 is 8.80 Å². The topological polar surface area (TPSA) is 33.9 Å². The van der Waals surface area contributed by atoms with Crippen molar-refractivity contribution in [1.29, 1.82) is 0 Å². The lowest BCUT2D eigenvalue weighted by atomic mass is 10.0. The molecule has 2 aromatic carbocycles. The number of anilines is 1. The second kappa shape index (κ2) is 10.5. The van der Waals surface area contributed by atoms with E-state index in [2.05, 4.69) is 73.0 Å². The Morgan fingerprint density at radius 2 is 1.52 bits per heavy atom. The number of benzene rings is 2. The Morgan fingerprint density at radius 1 is 0.903 bits per heavy atom. The molecule has 0 N–H and O–H groups in total. The molecule has 1 aliphatic heterocycles. The fourth-order valence-electron chi connectivity index (χ4n) is 4.50. The van der Waals surface area contributed by atoms with E-state index in [0.29, 0.717) is 19.8 Å². The summed E-state index contributed by atoms with van der Waals surface area (Å²) in [5, 5.41) is 1.04. The predicted octanol–water partition coefficient (Wildman–Crippen LogP) is 3.93. The van der Waals surface area contributed by atoms with Crippen molar-refractivity contribution in [2.24, 2.45) is 0 Å². The van der Waals surface area contributed by atoms with Crippen molar-refractivity contribution in [2.75, 3.05) is 37.8 Å². The number of rotatable bonds is 10. The van der Waals surface area contributed by atoms with Gasteiger partial charge in [-0.2, -0.15) is 0 Å². The molecular weight excluding hydrogens is 404 g/mol. The Kier molecular flexibility index (Phi) is 8.05. The van der Waals surface area contributed by atoms with Gasteiger partial charge in [0, 0.05) is 25.0 Å². The fourth-order valence-corrected chi connectivity index (χ4v) is 7.06. The lowest BCUT2D eigenvalue weighted by Gasteiger charge is -2.28. The SMILES string of the molecule is CCO[Si](OCC)(OCC)c1cccc(C[N+]2=CN(c3c(C)cc(C)cc3C)CC2)c1. The van der Waals surface area contributed by atoms with E-state index in [4.69, 9.17) is 13.3 Å². The molecule has 0 bridgehead atoms. The molecule has 0 unspecified atom stereocenters. The first-order valence-corrected chi connectivity index (χ1v) is 13.1. The van der Waals surface area contributed by atoms with E-state index in [1.54, 1.807) is 0 Å². The van der Waals surface area contributed by atoms with Gasteiger partial charge in [0.25, 0.3) is 0 Å². The number of hydrogen-bond donors (Lipinski definition) is 0. The Bertz CT molecular complexity index is 889. The Balaban J connectivity index is 1.83. The summed E-state index contributed by atoms with van der Waals surface area (Å²) in [5.41, 5.74) is 6.55. The zero-order valence-electron chi connectivity index (χ0n) is 19.9. The van der Waals surface area contributed by atoms with Crippen molar-refractivity contribution in [3.8, 4) is 0 Å². The summed E-state index contributed by atoms with van der Waals surface area (Å²) in [6.45, 7) is 17.1. The van der Waals surface area contributed by atoms with Crippen LogP contribution in [0.1, 0.15) is 43.0 Å². The third-order valence-electron chi connectivity index (χ3n) is 5.52. The summed E-state index contributed by atoms with van der Waals surface area (Å²) in [7, 11) is -2.88. The zero-order valence-corrected chi connectivity index (χ0v) is 20.9. The Labute approximate surface area is 188 Å². The van der Waals surface area contributed by atoms with Crippen molar-refractivity contribution < 1.29 is 17.9 Å². The second-order valence-electron chi connectivity index (χ2n) is 8.08. The molecule has 2 aromatic rings. The van der Waals surface area contributed by atoms with Crippen LogP contribution in [0, 0.1) is 20.8 Å². The van der Waals surface area contributed by atoms with E-state index in [-0.39, 0.29) is 0 Å². The molecule has 6 heteroatoms. The molecule has 5 nitrogen and oxygen atoms in total. The molecule has 0 aromatic heterocycles. The fraction of sp³-hybridized carbons (Fsp3) is 0.480. The van der Waals surface area contributed by atoms with Gasteiger partial charge in [0.05, 0.1) is 0 Å². The third kappa shape index (κ3) is 5.44. The van der Waals surface area contributed by atoms with E-state index in [1.807, 2.05) is 20.8 Å². The maximum atomic E-state index is 6.10. The molecule has 0 amide bonds. The maximum absolute atomic E-state index is 6.10. The first kappa shape index (κ1) is 23.7. The van der Waals surface area contributed by atoms with Crippen LogP contribution in [0.2, 0.25) is 0 Å². The van der Waals surface area contributed by atoms with Crippen LogP contribution in [0.3, 0.4) is 0 Å². The van der Waals surface area contributed by atoms with Crippen LogP contribution in [-0.4, -0.2) is 52.6 Å². The van der Waals surface area contributed by atoms with Crippen LogP contribution in [-0.2, 0) is 19.8 Å². The van der Waals surface area contributed by atoms with Crippen LogP contribution in [0.5, 0.6) is 0 Å². The molecule has 0 spiro atoms. The van der Waals surface area contributed by atoms with Gasteiger partial charge in [-0.25, -0.2) is 4.90 Å². The molecule has 0 atom stereocenters.